The summed E-state index contributed by atoms with van der Waals surface area (Å²) >= 11 is 0. The van der Waals surface area contributed by atoms with Crippen LogP contribution in [0.4, 0.5) is 0 Å². The van der Waals surface area contributed by atoms with Gasteiger partial charge in [-0.25, -0.2) is 0 Å². The highest BCUT2D eigenvalue weighted by Crippen LogP contribution is 2.29. The van der Waals surface area contributed by atoms with Gasteiger partial charge in [0.1, 0.15) is 6.04 Å². The number of imide groups is 1. The van der Waals surface area contributed by atoms with Crippen molar-refractivity contribution in [2.75, 3.05) is 26.2 Å². The topological polar surface area (TPSA) is 99.8 Å². The van der Waals surface area contributed by atoms with E-state index in [1.807, 2.05) is 18.2 Å². The number of piperidine rings is 1. The molecule has 0 radical (unpaired) electrons. The van der Waals surface area contributed by atoms with E-state index in [4.69, 9.17) is 4.74 Å². The van der Waals surface area contributed by atoms with Crippen LogP contribution in [0.2, 0.25) is 0 Å². The maximum atomic E-state index is 13.0. The highest BCUT2D eigenvalue weighted by atomic mass is 16.5. The van der Waals surface area contributed by atoms with E-state index in [0.29, 0.717) is 44.3 Å². The lowest BCUT2D eigenvalue weighted by Crippen LogP contribution is -2.52. The van der Waals surface area contributed by atoms with Gasteiger partial charge < -0.3 is 20.3 Å². The van der Waals surface area contributed by atoms with Gasteiger partial charge in [0.05, 0.1) is 12.7 Å². The van der Waals surface area contributed by atoms with E-state index in [1.165, 1.54) is 0 Å². The van der Waals surface area contributed by atoms with Gasteiger partial charge in [-0.05, 0) is 17.5 Å². The second kappa shape index (κ2) is 7.75. The molecule has 0 aliphatic carbocycles. The fourth-order valence-electron chi connectivity index (χ4n) is 3.74. The van der Waals surface area contributed by atoms with Crippen molar-refractivity contribution in [1.82, 2.24) is 20.9 Å². The SMILES string of the molecule is O=C1CCC(N2Cc3cccc(CNCCOC4CNC4)c3C2=O)C(=O)N1. The molecule has 3 heterocycles. The molecule has 8 heteroatoms. The van der Waals surface area contributed by atoms with Crippen LogP contribution in [0.1, 0.15) is 34.3 Å². The first kappa shape index (κ1) is 18.1. The van der Waals surface area contributed by atoms with Gasteiger partial charge in [0.25, 0.3) is 5.91 Å². The highest BCUT2D eigenvalue weighted by molar-refractivity contribution is 6.05. The van der Waals surface area contributed by atoms with Gasteiger partial charge in [0.2, 0.25) is 11.8 Å². The molecule has 2 fully saturated rings. The van der Waals surface area contributed by atoms with Crippen molar-refractivity contribution in [2.45, 2.75) is 38.1 Å². The Bertz CT molecular complexity index is 762. The van der Waals surface area contributed by atoms with Crippen molar-refractivity contribution < 1.29 is 19.1 Å². The van der Waals surface area contributed by atoms with Crippen molar-refractivity contribution in [1.29, 1.82) is 0 Å². The molecule has 1 aromatic rings. The number of nitrogens with one attached hydrogen (secondary N) is 3. The van der Waals surface area contributed by atoms with Gasteiger partial charge >= 0.3 is 0 Å². The van der Waals surface area contributed by atoms with E-state index in [9.17, 15) is 14.4 Å². The largest absolute Gasteiger partial charge is 0.374 e. The molecule has 0 spiro atoms. The van der Waals surface area contributed by atoms with Gasteiger partial charge in [-0.15, -0.1) is 0 Å². The minimum atomic E-state index is -0.576. The van der Waals surface area contributed by atoms with Crippen molar-refractivity contribution in [3.63, 3.8) is 0 Å². The molecule has 144 valence electrons. The predicted molar refractivity (Wildman–Crippen MR) is 96.8 cm³/mol. The van der Waals surface area contributed by atoms with Crippen molar-refractivity contribution in [2.24, 2.45) is 0 Å². The Morgan fingerprint density at radius 3 is 2.81 bits per heavy atom. The summed E-state index contributed by atoms with van der Waals surface area (Å²) in [5.41, 5.74) is 2.54. The van der Waals surface area contributed by atoms with Gasteiger partial charge in [-0.1, -0.05) is 18.2 Å². The van der Waals surface area contributed by atoms with Crippen LogP contribution in [-0.4, -0.2) is 61.0 Å². The smallest absolute Gasteiger partial charge is 0.255 e. The molecule has 3 aliphatic rings. The molecule has 0 bridgehead atoms. The van der Waals surface area contributed by atoms with Crippen LogP contribution >= 0.6 is 0 Å². The van der Waals surface area contributed by atoms with E-state index < -0.39 is 6.04 Å². The Morgan fingerprint density at radius 1 is 1.22 bits per heavy atom. The van der Waals surface area contributed by atoms with Crippen LogP contribution in [0.25, 0.3) is 0 Å². The summed E-state index contributed by atoms with van der Waals surface area (Å²) in [4.78, 5) is 38.1. The number of benzene rings is 1. The summed E-state index contributed by atoms with van der Waals surface area (Å²) in [6.45, 7) is 4.16. The number of hydrogen-bond acceptors (Lipinski definition) is 6. The lowest BCUT2D eigenvalue weighted by Gasteiger charge is -2.29. The summed E-state index contributed by atoms with van der Waals surface area (Å²) in [7, 11) is 0. The molecular formula is C19H24N4O4. The number of rotatable bonds is 7. The van der Waals surface area contributed by atoms with Crippen LogP contribution in [0.5, 0.6) is 0 Å². The maximum Gasteiger partial charge on any atom is 0.255 e. The summed E-state index contributed by atoms with van der Waals surface area (Å²) < 4.78 is 5.67. The molecule has 3 aliphatic heterocycles. The molecule has 1 unspecified atom stereocenters. The Labute approximate surface area is 157 Å². The number of amides is 3. The van der Waals surface area contributed by atoms with Crippen LogP contribution in [0.15, 0.2) is 18.2 Å². The van der Waals surface area contributed by atoms with Gasteiger partial charge in [0.15, 0.2) is 0 Å². The number of ether oxygens (including phenoxy) is 1. The zero-order chi connectivity index (χ0) is 18.8. The summed E-state index contributed by atoms with van der Waals surface area (Å²) in [6, 6.07) is 5.23. The fraction of sp³-hybridized carbons (Fsp3) is 0.526. The first-order chi connectivity index (χ1) is 13.1. The van der Waals surface area contributed by atoms with Crippen molar-refractivity contribution in [3.05, 3.63) is 34.9 Å². The third kappa shape index (κ3) is 3.73. The zero-order valence-corrected chi connectivity index (χ0v) is 15.1. The Balaban J connectivity index is 1.37. The van der Waals surface area contributed by atoms with Crippen LogP contribution < -0.4 is 16.0 Å². The molecule has 0 saturated carbocycles. The van der Waals surface area contributed by atoms with E-state index in [1.54, 1.807) is 4.90 Å². The van der Waals surface area contributed by atoms with Gasteiger partial charge in [-0.2, -0.15) is 0 Å². The third-order valence-corrected chi connectivity index (χ3v) is 5.33. The maximum absolute atomic E-state index is 13.0. The molecule has 4 rings (SSSR count). The summed E-state index contributed by atoms with van der Waals surface area (Å²) in [5.74, 6) is -0.784. The second-order valence-electron chi connectivity index (χ2n) is 7.18. The first-order valence-corrected chi connectivity index (χ1v) is 9.42. The van der Waals surface area contributed by atoms with E-state index in [-0.39, 0.29) is 24.1 Å². The number of fused-ring (bicyclic) bond motifs is 1. The van der Waals surface area contributed by atoms with Crippen molar-refractivity contribution in [3.8, 4) is 0 Å². The molecular weight excluding hydrogens is 348 g/mol. The molecule has 3 N–H and O–H groups in total. The monoisotopic (exact) mass is 372 g/mol. The fourth-order valence-corrected chi connectivity index (χ4v) is 3.74. The molecule has 1 atom stereocenters. The minimum absolute atomic E-state index is 0.131. The molecule has 1 aromatic carbocycles. The minimum Gasteiger partial charge on any atom is -0.374 e. The first-order valence-electron chi connectivity index (χ1n) is 9.42. The number of carbonyl (C=O) groups excluding carboxylic acids is 3. The normalized spacial score (nSPS) is 22.6. The average molecular weight is 372 g/mol. The van der Waals surface area contributed by atoms with Crippen LogP contribution in [0, 0.1) is 0 Å². The van der Waals surface area contributed by atoms with Crippen molar-refractivity contribution >= 4 is 17.7 Å². The number of nitrogens with zero attached hydrogens (tertiary/aromatic N) is 1. The Morgan fingerprint density at radius 2 is 2.07 bits per heavy atom. The zero-order valence-electron chi connectivity index (χ0n) is 15.1. The molecule has 8 nitrogen and oxygen atoms in total. The van der Waals surface area contributed by atoms with Crippen LogP contribution in [-0.2, 0) is 27.4 Å². The second-order valence-corrected chi connectivity index (χ2v) is 7.18. The summed E-state index contributed by atoms with van der Waals surface area (Å²) in [5, 5.41) is 8.82. The Kier molecular flexibility index (Phi) is 5.20. The molecule has 2 saturated heterocycles. The highest BCUT2D eigenvalue weighted by Gasteiger charge is 2.39. The number of carbonyl (C=O) groups is 3. The van der Waals surface area contributed by atoms with E-state index in [0.717, 1.165) is 24.2 Å². The summed E-state index contributed by atoms with van der Waals surface area (Å²) in [6.07, 6.45) is 0.962. The van der Waals surface area contributed by atoms with Gasteiger partial charge in [-0.3, -0.25) is 19.7 Å². The lowest BCUT2D eigenvalue weighted by atomic mass is 10.0. The Hall–Kier alpha value is -2.29. The van der Waals surface area contributed by atoms with Gasteiger partial charge in [0, 0.05) is 44.7 Å². The molecule has 3 amide bonds. The molecule has 27 heavy (non-hydrogen) atoms. The average Bonchev–Trinajstić information content (AvgIpc) is 2.94. The van der Waals surface area contributed by atoms with Crippen LogP contribution in [0.3, 0.4) is 0 Å². The third-order valence-electron chi connectivity index (χ3n) is 5.33. The standard InChI is InChI=1S/C19H24N4O4/c24-16-5-4-15(18(25)22-16)23-11-13-3-1-2-12(17(13)19(23)26)8-20-6-7-27-14-9-21-10-14/h1-3,14-15,20-21H,4-11H2,(H,22,24,25). The molecule has 0 aromatic heterocycles. The predicted octanol–water partition coefficient (Wildman–Crippen LogP) is -0.474. The number of hydrogen-bond donors (Lipinski definition) is 3. The lowest BCUT2D eigenvalue weighted by molar-refractivity contribution is -0.136. The van der Waals surface area contributed by atoms with E-state index in [2.05, 4.69) is 16.0 Å². The quantitative estimate of drug-likeness (QED) is 0.442. The van der Waals surface area contributed by atoms with E-state index >= 15 is 0 Å².